The Kier molecular flexibility index (Phi) is 4.05. The number of carbonyl (C=O) groups is 1. The zero-order valence-electron chi connectivity index (χ0n) is 11.7. The van der Waals surface area contributed by atoms with E-state index in [2.05, 4.69) is 25.8 Å². The number of carbonyl (C=O) groups excluding carboxylic acids is 1. The molecule has 0 radical (unpaired) electrons. The second-order valence-electron chi connectivity index (χ2n) is 5.60. The standard InChI is InChI=1S/C14H22N2OS/c1-9(2)13-15-11(4)12(18-13)14(17)16-7-5-10(3)6-8-16/h9-10H,5-8H2,1-4H3. The Balaban J connectivity index is 2.13. The number of aryl methyl sites for hydroxylation is 1. The number of likely N-dealkylation sites (tertiary alicyclic amines) is 1. The first-order chi connectivity index (χ1) is 8.49. The Morgan fingerprint density at radius 3 is 2.50 bits per heavy atom. The van der Waals surface area contributed by atoms with E-state index in [0.717, 1.165) is 47.4 Å². The van der Waals surface area contributed by atoms with Crippen molar-refractivity contribution < 1.29 is 4.79 Å². The van der Waals surface area contributed by atoms with Crippen LogP contribution in [0.2, 0.25) is 0 Å². The molecule has 1 amide bonds. The molecule has 3 nitrogen and oxygen atoms in total. The van der Waals surface area contributed by atoms with E-state index < -0.39 is 0 Å². The summed E-state index contributed by atoms with van der Waals surface area (Å²) in [4.78, 5) is 19.8. The quantitative estimate of drug-likeness (QED) is 0.821. The highest BCUT2D eigenvalue weighted by Gasteiger charge is 2.25. The summed E-state index contributed by atoms with van der Waals surface area (Å²) in [7, 11) is 0. The minimum Gasteiger partial charge on any atom is -0.338 e. The van der Waals surface area contributed by atoms with Gasteiger partial charge >= 0.3 is 0 Å². The summed E-state index contributed by atoms with van der Waals surface area (Å²) in [6, 6.07) is 0. The van der Waals surface area contributed by atoms with Crippen molar-refractivity contribution in [2.75, 3.05) is 13.1 Å². The van der Waals surface area contributed by atoms with Gasteiger partial charge in [0.1, 0.15) is 4.88 Å². The first kappa shape index (κ1) is 13.5. The third kappa shape index (κ3) is 2.74. The number of amides is 1. The van der Waals surface area contributed by atoms with Crippen LogP contribution in [0.5, 0.6) is 0 Å². The molecule has 0 aliphatic carbocycles. The predicted octanol–water partition coefficient (Wildman–Crippen LogP) is 3.45. The molecule has 0 unspecified atom stereocenters. The largest absolute Gasteiger partial charge is 0.338 e. The topological polar surface area (TPSA) is 33.2 Å². The zero-order chi connectivity index (χ0) is 13.3. The summed E-state index contributed by atoms with van der Waals surface area (Å²) in [6.07, 6.45) is 2.25. The van der Waals surface area contributed by atoms with Crippen LogP contribution in [0.4, 0.5) is 0 Å². The second kappa shape index (κ2) is 5.39. The third-order valence-corrected chi connectivity index (χ3v) is 5.02. The van der Waals surface area contributed by atoms with E-state index >= 15 is 0 Å². The molecule has 4 heteroatoms. The van der Waals surface area contributed by atoms with E-state index in [-0.39, 0.29) is 5.91 Å². The normalized spacial score (nSPS) is 17.5. The summed E-state index contributed by atoms with van der Waals surface area (Å²) in [5.74, 6) is 1.34. The van der Waals surface area contributed by atoms with Gasteiger partial charge in [0.05, 0.1) is 10.7 Å². The van der Waals surface area contributed by atoms with Gasteiger partial charge in [0.15, 0.2) is 0 Å². The summed E-state index contributed by atoms with van der Waals surface area (Å²) in [5, 5.41) is 1.07. The number of piperidine rings is 1. The lowest BCUT2D eigenvalue weighted by atomic mass is 9.99. The van der Waals surface area contributed by atoms with Crippen molar-refractivity contribution in [1.29, 1.82) is 0 Å². The Bertz CT molecular complexity index is 431. The highest BCUT2D eigenvalue weighted by molar-refractivity contribution is 7.13. The van der Waals surface area contributed by atoms with Crippen molar-refractivity contribution >= 4 is 17.2 Å². The van der Waals surface area contributed by atoms with Gasteiger partial charge in [-0.25, -0.2) is 4.98 Å². The smallest absolute Gasteiger partial charge is 0.265 e. The van der Waals surface area contributed by atoms with E-state index in [0.29, 0.717) is 5.92 Å². The number of nitrogens with zero attached hydrogens (tertiary/aromatic N) is 2. The Hall–Kier alpha value is -0.900. The first-order valence-electron chi connectivity index (χ1n) is 6.75. The SMILES string of the molecule is Cc1nc(C(C)C)sc1C(=O)N1CCC(C)CC1. The molecule has 0 aromatic carbocycles. The molecule has 2 heterocycles. The van der Waals surface area contributed by atoms with Crippen molar-refractivity contribution in [3.8, 4) is 0 Å². The molecule has 1 fully saturated rings. The number of rotatable bonds is 2. The van der Waals surface area contributed by atoms with Gasteiger partial charge in [0.25, 0.3) is 5.91 Å². The average molecular weight is 266 g/mol. The summed E-state index contributed by atoms with van der Waals surface area (Å²) in [5.41, 5.74) is 0.896. The lowest BCUT2D eigenvalue weighted by Crippen LogP contribution is -2.37. The van der Waals surface area contributed by atoms with Crippen LogP contribution >= 0.6 is 11.3 Å². The van der Waals surface area contributed by atoms with E-state index in [1.165, 1.54) is 0 Å². The van der Waals surface area contributed by atoms with Crippen molar-refractivity contribution in [2.45, 2.75) is 46.5 Å². The number of hydrogen-bond acceptors (Lipinski definition) is 3. The van der Waals surface area contributed by atoms with Crippen LogP contribution in [0.25, 0.3) is 0 Å². The Labute approximate surface area is 113 Å². The Morgan fingerprint density at radius 2 is 2.00 bits per heavy atom. The molecule has 0 atom stereocenters. The van der Waals surface area contributed by atoms with Crippen LogP contribution in [-0.2, 0) is 0 Å². The highest BCUT2D eigenvalue weighted by Crippen LogP contribution is 2.27. The highest BCUT2D eigenvalue weighted by atomic mass is 32.1. The van der Waals surface area contributed by atoms with Crippen LogP contribution in [0.3, 0.4) is 0 Å². The van der Waals surface area contributed by atoms with Crippen molar-refractivity contribution in [2.24, 2.45) is 5.92 Å². The molecule has 1 aliphatic heterocycles. The monoisotopic (exact) mass is 266 g/mol. The van der Waals surface area contributed by atoms with Crippen LogP contribution in [0.1, 0.15) is 59.9 Å². The maximum absolute atomic E-state index is 12.5. The van der Waals surface area contributed by atoms with Gasteiger partial charge < -0.3 is 4.90 Å². The first-order valence-corrected chi connectivity index (χ1v) is 7.57. The van der Waals surface area contributed by atoms with E-state index in [9.17, 15) is 4.79 Å². The maximum atomic E-state index is 12.5. The minimum absolute atomic E-state index is 0.184. The summed E-state index contributed by atoms with van der Waals surface area (Å²) in [6.45, 7) is 10.2. The molecule has 2 rings (SSSR count). The minimum atomic E-state index is 0.184. The molecule has 1 aliphatic rings. The van der Waals surface area contributed by atoms with Gasteiger partial charge in [-0.15, -0.1) is 11.3 Å². The molecule has 0 saturated carbocycles. The molecule has 0 bridgehead atoms. The van der Waals surface area contributed by atoms with Crippen molar-refractivity contribution in [3.05, 3.63) is 15.6 Å². The molecular weight excluding hydrogens is 244 g/mol. The van der Waals surface area contributed by atoms with Gasteiger partial charge in [-0.05, 0) is 25.7 Å². The van der Waals surface area contributed by atoms with Gasteiger partial charge in [0.2, 0.25) is 0 Å². The van der Waals surface area contributed by atoms with E-state index in [1.54, 1.807) is 11.3 Å². The predicted molar refractivity (Wildman–Crippen MR) is 75.2 cm³/mol. The van der Waals surface area contributed by atoms with Crippen LogP contribution < -0.4 is 0 Å². The maximum Gasteiger partial charge on any atom is 0.265 e. The molecule has 0 spiro atoms. The Morgan fingerprint density at radius 1 is 1.39 bits per heavy atom. The average Bonchev–Trinajstić information content (AvgIpc) is 2.71. The molecular formula is C14H22N2OS. The van der Waals surface area contributed by atoms with Crippen molar-refractivity contribution in [3.63, 3.8) is 0 Å². The lowest BCUT2D eigenvalue weighted by molar-refractivity contribution is 0.0701. The van der Waals surface area contributed by atoms with Gasteiger partial charge in [-0.2, -0.15) is 0 Å². The van der Waals surface area contributed by atoms with E-state index in [4.69, 9.17) is 0 Å². The van der Waals surface area contributed by atoms with Gasteiger partial charge in [-0.3, -0.25) is 4.79 Å². The molecule has 100 valence electrons. The molecule has 1 aromatic heterocycles. The second-order valence-corrected chi connectivity index (χ2v) is 6.63. The number of thiazole rings is 1. The number of hydrogen-bond donors (Lipinski definition) is 0. The zero-order valence-corrected chi connectivity index (χ0v) is 12.5. The summed E-state index contributed by atoms with van der Waals surface area (Å²) >= 11 is 1.57. The lowest BCUT2D eigenvalue weighted by Gasteiger charge is -2.30. The van der Waals surface area contributed by atoms with Gasteiger partial charge in [0, 0.05) is 19.0 Å². The van der Waals surface area contributed by atoms with Gasteiger partial charge in [-0.1, -0.05) is 20.8 Å². The molecule has 18 heavy (non-hydrogen) atoms. The molecule has 0 N–H and O–H groups in total. The van der Waals surface area contributed by atoms with Crippen LogP contribution in [0.15, 0.2) is 0 Å². The fourth-order valence-corrected chi connectivity index (χ4v) is 3.26. The van der Waals surface area contributed by atoms with Crippen LogP contribution in [-0.4, -0.2) is 28.9 Å². The molecule has 1 aromatic rings. The van der Waals surface area contributed by atoms with E-state index in [1.807, 2.05) is 11.8 Å². The van der Waals surface area contributed by atoms with Crippen molar-refractivity contribution in [1.82, 2.24) is 9.88 Å². The van der Waals surface area contributed by atoms with Crippen LogP contribution in [0, 0.1) is 12.8 Å². The fraction of sp³-hybridized carbons (Fsp3) is 0.714. The number of aromatic nitrogens is 1. The summed E-state index contributed by atoms with van der Waals surface area (Å²) < 4.78 is 0. The molecule has 1 saturated heterocycles. The fourth-order valence-electron chi connectivity index (χ4n) is 2.22. The third-order valence-electron chi connectivity index (χ3n) is 3.57.